The number of hydrogen-bond donors (Lipinski definition) is 1. The predicted molar refractivity (Wildman–Crippen MR) is 112 cm³/mol. The fourth-order valence-electron chi connectivity index (χ4n) is 2.48. The summed E-state index contributed by atoms with van der Waals surface area (Å²) in [6.07, 6.45) is 0.117. The Morgan fingerprint density at radius 2 is 1.89 bits per heavy atom. The lowest BCUT2D eigenvalue weighted by Crippen LogP contribution is -2.28. The number of rotatable bonds is 7. The van der Waals surface area contributed by atoms with Crippen molar-refractivity contribution in [3.63, 3.8) is 0 Å². The molecule has 5 heteroatoms. The van der Waals surface area contributed by atoms with Gasteiger partial charge in [-0.25, -0.2) is 0 Å². The smallest absolute Gasteiger partial charge is 0.258 e. The Balaban J connectivity index is 1.86. The molecule has 0 fully saturated rings. The number of carbonyl (C=O) groups is 1. The lowest BCUT2D eigenvalue weighted by molar-refractivity contribution is -0.123. The van der Waals surface area contributed by atoms with Crippen LogP contribution in [0.25, 0.3) is 0 Å². The first-order valence-electron chi connectivity index (χ1n) is 9.10. The van der Waals surface area contributed by atoms with Gasteiger partial charge < -0.3 is 14.8 Å². The third-order valence-electron chi connectivity index (χ3n) is 3.92. The largest absolute Gasteiger partial charge is 0.491 e. The van der Waals surface area contributed by atoms with Crippen LogP contribution in [0.15, 0.2) is 46.9 Å². The highest BCUT2D eigenvalue weighted by Crippen LogP contribution is 2.31. The molecule has 2 rings (SSSR count). The maximum Gasteiger partial charge on any atom is 0.258 e. The minimum Gasteiger partial charge on any atom is -0.491 e. The van der Waals surface area contributed by atoms with Gasteiger partial charge in [-0.3, -0.25) is 4.79 Å². The molecule has 0 aliphatic carbocycles. The fourth-order valence-corrected chi connectivity index (χ4v) is 2.97. The van der Waals surface area contributed by atoms with Gasteiger partial charge in [0.05, 0.1) is 10.6 Å². The van der Waals surface area contributed by atoms with Crippen molar-refractivity contribution in [2.24, 2.45) is 0 Å². The average Bonchev–Trinajstić information content (AvgIpc) is 2.57. The molecule has 1 amide bonds. The second kappa shape index (κ2) is 9.27. The first kappa shape index (κ1) is 21.3. The summed E-state index contributed by atoms with van der Waals surface area (Å²) in [7, 11) is 0. The van der Waals surface area contributed by atoms with Crippen LogP contribution in [0.2, 0.25) is 0 Å². The van der Waals surface area contributed by atoms with E-state index < -0.39 is 0 Å². The molecule has 0 unspecified atom stereocenters. The summed E-state index contributed by atoms with van der Waals surface area (Å²) in [5.41, 5.74) is 2.25. The SMILES string of the molecule is CC(C)Oc1cccc(CNC(=O)COc2ccc(C(C)(C)C)cc2Br)c1. The van der Waals surface area contributed by atoms with Crippen molar-refractivity contribution in [3.05, 3.63) is 58.1 Å². The van der Waals surface area contributed by atoms with Crippen molar-refractivity contribution in [2.45, 2.75) is 52.7 Å². The van der Waals surface area contributed by atoms with Gasteiger partial charge in [0.1, 0.15) is 11.5 Å². The fraction of sp³-hybridized carbons (Fsp3) is 0.409. The van der Waals surface area contributed by atoms with Gasteiger partial charge >= 0.3 is 0 Å². The molecule has 0 atom stereocenters. The molecule has 2 aromatic carbocycles. The second-order valence-electron chi connectivity index (χ2n) is 7.77. The molecule has 0 aromatic heterocycles. The monoisotopic (exact) mass is 433 g/mol. The number of hydrogen-bond acceptors (Lipinski definition) is 3. The molecule has 4 nitrogen and oxygen atoms in total. The van der Waals surface area contributed by atoms with E-state index in [-0.39, 0.29) is 24.0 Å². The van der Waals surface area contributed by atoms with E-state index in [0.717, 1.165) is 15.8 Å². The summed E-state index contributed by atoms with van der Waals surface area (Å²) < 4.78 is 12.2. The zero-order valence-corrected chi connectivity index (χ0v) is 18.2. The minimum absolute atomic E-state index is 0.0321. The molecule has 0 saturated heterocycles. The topological polar surface area (TPSA) is 47.6 Å². The Kier molecular flexibility index (Phi) is 7.31. The second-order valence-corrected chi connectivity index (χ2v) is 8.63. The highest BCUT2D eigenvalue weighted by molar-refractivity contribution is 9.10. The van der Waals surface area contributed by atoms with Gasteiger partial charge in [0, 0.05) is 6.54 Å². The molecule has 146 valence electrons. The van der Waals surface area contributed by atoms with E-state index in [1.165, 1.54) is 5.56 Å². The maximum atomic E-state index is 12.1. The van der Waals surface area contributed by atoms with E-state index >= 15 is 0 Å². The van der Waals surface area contributed by atoms with Crippen LogP contribution in [0.1, 0.15) is 45.7 Å². The number of halogens is 1. The molecule has 27 heavy (non-hydrogen) atoms. The highest BCUT2D eigenvalue weighted by atomic mass is 79.9. The van der Waals surface area contributed by atoms with E-state index in [9.17, 15) is 4.79 Å². The van der Waals surface area contributed by atoms with E-state index in [4.69, 9.17) is 9.47 Å². The van der Waals surface area contributed by atoms with E-state index in [1.807, 2.05) is 56.3 Å². The number of amides is 1. The van der Waals surface area contributed by atoms with Crippen LogP contribution in [-0.4, -0.2) is 18.6 Å². The van der Waals surface area contributed by atoms with Gasteiger partial charge in [0.2, 0.25) is 0 Å². The van der Waals surface area contributed by atoms with Gasteiger partial charge in [-0.2, -0.15) is 0 Å². The third-order valence-corrected chi connectivity index (χ3v) is 4.54. The molecule has 2 aromatic rings. The maximum absolute atomic E-state index is 12.1. The molecule has 1 N–H and O–H groups in total. The zero-order chi connectivity index (χ0) is 20.0. The normalized spacial score (nSPS) is 11.4. The first-order chi connectivity index (χ1) is 12.6. The van der Waals surface area contributed by atoms with E-state index in [0.29, 0.717) is 12.3 Å². The molecular weight excluding hydrogens is 406 g/mol. The van der Waals surface area contributed by atoms with Crippen molar-refractivity contribution in [1.29, 1.82) is 0 Å². The summed E-state index contributed by atoms with van der Waals surface area (Å²) in [5, 5.41) is 2.87. The lowest BCUT2D eigenvalue weighted by Gasteiger charge is -2.20. The van der Waals surface area contributed by atoms with Crippen LogP contribution < -0.4 is 14.8 Å². The molecule has 0 aliphatic heterocycles. The molecular formula is C22H28BrNO3. The Morgan fingerprint density at radius 1 is 1.15 bits per heavy atom. The molecule has 0 spiro atoms. The van der Waals surface area contributed by atoms with Crippen molar-refractivity contribution in [3.8, 4) is 11.5 Å². The Morgan fingerprint density at radius 3 is 2.52 bits per heavy atom. The van der Waals surface area contributed by atoms with Crippen LogP contribution in [0.5, 0.6) is 11.5 Å². The van der Waals surface area contributed by atoms with Crippen molar-refractivity contribution in [1.82, 2.24) is 5.32 Å². The van der Waals surface area contributed by atoms with Crippen LogP contribution in [0, 0.1) is 0 Å². The zero-order valence-electron chi connectivity index (χ0n) is 16.6. The van der Waals surface area contributed by atoms with Gasteiger partial charge in [0.15, 0.2) is 6.61 Å². The van der Waals surface area contributed by atoms with E-state index in [1.54, 1.807) is 0 Å². The van der Waals surface area contributed by atoms with Crippen molar-refractivity contribution < 1.29 is 14.3 Å². The molecule has 0 bridgehead atoms. The van der Waals surface area contributed by atoms with Gasteiger partial charge in [0.25, 0.3) is 5.91 Å². The van der Waals surface area contributed by atoms with Gasteiger partial charge in [-0.05, 0) is 70.6 Å². The standard InChI is InChI=1S/C22H28BrNO3/c1-15(2)27-18-8-6-7-16(11-18)13-24-21(25)14-26-20-10-9-17(12-19(20)23)22(3,4)5/h6-12,15H,13-14H2,1-5H3,(H,24,25). The predicted octanol–water partition coefficient (Wildman–Crippen LogP) is 5.23. The number of nitrogens with one attached hydrogen (secondary N) is 1. The summed E-state index contributed by atoms with van der Waals surface area (Å²) in [5.74, 6) is 1.29. The van der Waals surface area contributed by atoms with Gasteiger partial charge in [-0.1, -0.05) is 39.0 Å². The average molecular weight is 434 g/mol. The van der Waals surface area contributed by atoms with Crippen molar-refractivity contribution in [2.75, 3.05) is 6.61 Å². The number of benzene rings is 2. The summed E-state index contributed by atoms with van der Waals surface area (Å²) in [6.45, 7) is 10.8. The Labute approximate surface area is 170 Å². The lowest BCUT2D eigenvalue weighted by atomic mass is 9.87. The highest BCUT2D eigenvalue weighted by Gasteiger charge is 2.15. The summed E-state index contributed by atoms with van der Waals surface area (Å²) in [4.78, 5) is 12.1. The quantitative estimate of drug-likeness (QED) is 0.649. The third kappa shape index (κ3) is 6.90. The Hall–Kier alpha value is -2.01. The molecule has 0 aliphatic rings. The first-order valence-corrected chi connectivity index (χ1v) is 9.89. The van der Waals surface area contributed by atoms with Crippen LogP contribution >= 0.6 is 15.9 Å². The molecule has 0 radical (unpaired) electrons. The van der Waals surface area contributed by atoms with Crippen LogP contribution in [0.3, 0.4) is 0 Å². The minimum atomic E-state index is -0.169. The Bertz CT molecular complexity index is 781. The summed E-state index contributed by atoms with van der Waals surface area (Å²) >= 11 is 3.52. The van der Waals surface area contributed by atoms with Crippen molar-refractivity contribution >= 4 is 21.8 Å². The molecule has 0 heterocycles. The van der Waals surface area contributed by atoms with E-state index in [2.05, 4.69) is 42.0 Å². The van der Waals surface area contributed by atoms with Crippen LogP contribution in [0.4, 0.5) is 0 Å². The van der Waals surface area contributed by atoms with Crippen LogP contribution in [-0.2, 0) is 16.8 Å². The summed E-state index contributed by atoms with van der Waals surface area (Å²) in [6, 6.07) is 13.7. The molecule has 0 saturated carbocycles. The number of ether oxygens (including phenoxy) is 2. The van der Waals surface area contributed by atoms with Gasteiger partial charge in [-0.15, -0.1) is 0 Å². The number of carbonyl (C=O) groups excluding carboxylic acids is 1.